The van der Waals surface area contributed by atoms with Crippen LogP contribution in [0.2, 0.25) is 0 Å². The third kappa shape index (κ3) is 2.58. The summed E-state index contributed by atoms with van der Waals surface area (Å²) in [6.45, 7) is 4.91. The second-order valence-corrected chi connectivity index (χ2v) is 4.31. The topological polar surface area (TPSA) is 41.6 Å². The van der Waals surface area contributed by atoms with Crippen LogP contribution in [0.1, 0.15) is 17.3 Å². The SMILES string of the molecule is COC(=O)c1ccccc1N1CCN[C@@H](C)C1. The van der Waals surface area contributed by atoms with Crippen molar-refractivity contribution in [3.05, 3.63) is 29.8 Å². The zero-order valence-electron chi connectivity index (χ0n) is 10.3. The Morgan fingerprint density at radius 2 is 2.24 bits per heavy atom. The first-order valence-corrected chi connectivity index (χ1v) is 5.88. The van der Waals surface area contributed by atoms with E-state index in [0.29, 0.717) is 11.6 Å². The minimum Gasteiger partial charge on any atom is -0.465 e. The van der Waals surface area contributed by atoms with Crippen molar-refractivity contribution in [1.29, 1.82) is 0 Å². The average Bonchev–Trinajstić information content (AvgIpc) is 2.38. The highest BCUT2D eigenvalue weighted by Crippen LogP contribution is 2.22. The summed E-state index contributed by atoms with van der Waals surface area (Å²) in [5, 5.41) is 3.39. The molecular weight excluding hydrogens is 216 g/mol. The Hall–Kier alpha value is -1.55. The predicted molar refractivity (Wildman–Crippen MR) is 67.5 cm³/mol. The summed E-state index contributed by atoms with van der Waals surface area (Å²) >= 11 is 0. The lowest BCUT2D eigenvalue weighted by molar-refractivity contribution is 0.0601. The number of rotatable bonds is 2. The number of anilines is 1. The predicted octanol–water partition coefficient (Wildman–Crippen LogP) is 1.27. The summed E-state index contributed by atoms with van der Waals surface area (Å²) in [6.07, 6.45) is 0. The van der Waals surface area contributed by atoms with Crippen LogP contribution in [-0.4, -0.2) is 38.8 Å². The number of para-hydroxylation sites is 1. The molecule has 4 nitrogen and oxygen atoms in total. The van der Waals surface area contributed by atoms with Crippen LogP contribution in [0.4, 0.5) is 5.69 Å². The Bertz CT molecular complexity index is 406. The van der Waals surface area contributed by atoms with E-state index in [0.717, 1.165) is 25.3 Å². The van der Waals surface area contributed by atoms with E-state index >= 15 is 0 Å². The largest absolute Gasteiger partial charge is 0.465 e. The van der Waals surface area contributed by atoms with Gasteiger partial charge in [0.05, 0.1) is 18.4 Å². The van der Waals surface area contributed by atoms with E-state index in [9.17, 15) is 4.79 Å². The Morgan fingerprint density at radius 1 is 1.47 bits per heavy atom. The fourth-order valence-corrected chi connectivity index (χ4v) is 2.18. The van der Waals surface area contributed by atoms with Crippen molar-refractivity contribution in [2.45, 2.75) is 13.0 Å². The molecule has 4 heteroatoms. The van der Waals surface area contributed by atoms with Gasteiger partial charge in [-0.25, -0.2) is 4.79 Å². The smallest absolute Gasteiger partial charge is 0.339 e. The molecule has 0 amide bonds. The highest BCUT2D eigenvalue weighted by molar-refractivity contribution is 5.95. The lowest BCUT2D eigenvalue weighted by Crippen LogP contribution is -2.49. The number of carbonyl (C=O) groups excluding carboxylic acids is 1. The van der Waals surface area contributed by atoms with Crippen molar-refractivity contribution in [3.63, 3.8) is 0 Å². The number of benzene rings is 1. The van der Waals surface area contributed by atoms with E-state index in [1.54, 1.807) is 0 Å². The molecule has 1 fully saturated rings. The molecule has 0 bridgehead atoms. The zero-order valence-corrected chi connectivity index (χ0v) is 10.3. The van der Waals surface area contributed by atoms with Gasteiger partial charge in [0.2, 0.25) is 0 Å². The van der Waals surface area contributed by atoms with Crippen molar-refractivity contribution < 1.29 is 9.53 Å². The molecule has 1 aromatic rings. The van der Waals surface area contributed by atoms with Gasteiger partial charge in [0.15, 0.2) is 0 Å². The van der Waals surface area contributed by atoms with Gasteiger partial charge >= 0.3 is 5.97 Å². The van der Waals surface area contributed by atoms with E-state index in [2.05, 4.69) is 17.1 Å². The van der Waals surface area contributed by atoms with Crippen LogP contribution in [0.5, 0.6) is 0 Å². The van der Waals surface area contributed by atoms with Gasteiger partial charge in [-0.1, -0.05) is 12.1 Å². The summed E-state index contributed by atoms with van der Waals surface area (Å²) in [5.74, 6) is -0.271. The molecule has 0 saturated carbocycles. The molecule has 92 valence electrons. The second kappa shape index (κ2) is 5.19. The van der Waals surface area contributed by atoms with Crippen molar-refractivity contribution in [1.82, 2.24) is 5.32 Å². The molecule has 1 N–H and O–H groups in total. The molecule has 2 rings (SSSR count). The van der Waals surface area contributed by atoms with E-state index in [-0.39, 0.29) is 5.97 Å². The van der Waals surface area contributed by atoms with Crippen molar-refractivity contribution in [3.8, 4) is 0 Å². The van der Waals surface area contributed by atoms with E-state index in [1.807, 2.05) is 24.3 Å². The Balaban J connectivity index is 2.27. The van der Waals surface area contributed by atoms with Crippen LogP contribution in [0.25, 0.3) is 0 Å². The van der Waals surface area contributed by atoms with E-state index in [1.165, 1.54) is 7.11 Å². The van der Waals surface area contributed by atoms with Gasteiger partial charge in [-0.2, -0.15) is 0 Å². The molecule has 1 aliphatic heterocycles. The quantitative estimate of drug-likeness (QED) is 0.782. The molecule has 0 aliphatic carbocycles. The molecule has 0 aromatic heterocycles. The van der Waals surface area contributed by atoms with Gasteiger partial charge in [-0.3, -0.25) is 0 Å². The number of piperazine rings is 1. The molecule has 1 aromatic carbocycles. The molecule has 0 unspecified atom stereocenters. The molecular formula is C13H18N2O2. The summed E-state index contributed by atoms with van der Waals surface area (Å²) in [4.78, 5) is 13.9. The van der Waals surface area contributed by atoms with Crippen molar-refractivity contribution in [2.24, 2.45) is 0 Å². The van der Waals surface area contributed by atoms with E-state index in [4.69, 9.17) is 4.74 Å². The number of nitrogens with zero attached hydrogens (tertiary/aromatic N) is 1. The van der Waals surface area contributed by atoms with Gasteiger partial charge in [0, 0.05) is 25.7 Å². The normalized spacial score (nSPS) is 20.1. The van der Waals surface area contributed by atoms with E-state index < -0.39 is 0 Å². The number of hydrogen-bond donors (Lipinski definition) is 1. The van der Waals surface area contributed by atoms with Crippen LogP contribution in [-0.2, 0) is 4.74 Å². The number of esters is 1. The molecule has 1 heterocycles. The fraction of sp³-hybridized carbons (Fsp3) is 0.462. The highest BCUT2D eigenvalue weighted by Gasteiger charge is 2.20. The summed E-state index contributed by atoms with van der Waals surface area (Å²) in [6, 6.07) is 8.04. The van der Waals surface area contributed by atoms with Crippen LogP contribution >= 0.6 is 0 Å². The van der Waals surface area contributed by atoms with Crippen molar-refractivity contribution in [2.75, 3.05) is 31.6 Å². The standard InChI is InChI=1S/C13H18N2O2/c1-10-9-15(8-7-14-10)12-6-4-3-5-11(12)13(16)17-2/h3-6,10,14H,7-9H2,1-2H3/t10-/m0/s1. The monoisotopic (exact) mass is 234 g/mol. The average molecular weight is 234 g/mol. The number of methoxy groups -OCH3 is 1. The molecule has 1 aliphatic rings. The molecule has 1 saturated heterocycles. The number of nitrogens with one attached hydrogen (secondary N) is 1. The zero-order chi connectivity index (χ0) is 12.3. The fourth-order valence-electron chi connectivity index (χ4n) is 2.18. The number of ether oxygens (including phenoxy) is 1. The summed E-state index contributed by atoms with van der Waals surface area (Å²) in [7, 11) is 1.42. The molecule has 1 atom stereocenters. The first kappa shape index (κ1) is 11.9. The first-order chi connectivity index (χ1) is 8.22. The molecule has 0 radical (unpaired) electrons. The minimum atomic E-state index is -0.271. The Kier molecular flexibility index (Phi) is 3.64. The van der Waals surface area contributed by atoms with Crippen LogP contribution in [0, 0.1) is 0 Å². The highest BCUT2D eigenvalue weighted by atomic mass is 16.5. The van der Waals surface area contributed by atoms with Crippen LogP contribution < -0.4 is 10.2 Å². The van der Waals surface area contributed by atoms with Gasteiger partial charge in [0.25, 0.3) is 0 Å². The Morgan fingerprint density at radius 3 is 2.94 bits per heavy atom. The number of hydrogen-bond acceptors (Lipinski definition) is 4. The third-order valence-corrected chi connectivity index (χ3v) is 3.02. The maximum Gasteiger partial charge on any atom is 0.339 e. The van der Waals surface area contributed by atoms with Crippen LogP contribution in [0.3, 0.4) is 0 Å². The maximum absolute atomic E-state index is 11.7. The lowest BCUT2D eigenvalue weighted by Gasteiger charge is -2.34. The Labute approximate surface area is 102 Å². The summed E-state index contributed by atoms with van der Waals surface area (Å²) < 4.78 is 4.81. The van der Waals surface area contributed by atoms with Gasteiger partial charge in [-0.15, -0.1) is 0 Å². The molecule has 0 spiro atoms. The van der Waals surface area contributed by atoms with Crippen LogP contribution in [0.15, 0.2) is 24.3 Å². The maximum atomic E-state index is 11.7. The minimum absolute atomic E-state index is 0.271. The lowest BCUT2D eigenvalue weighted by atomic mass is 10.1. The van der Waals surface area contributed by atoms with Gasteiger partial charge < -0.3 is 15.0 Å². The molecule has 17 heavy (non-hydrogen) atoms. The first-order valence-electron chi connectivity index (χ1n) is 5.88. The van der Waals surface area contributed by atoms with Gasteiger partial charge in [-0.05, 0) is 19.1 Å². The second-order valence-electron chi connectivity index (χ2n) is 4.31. The summed E-state index contributed by atoms with van der Waals surface area (Å²) in [5.41, 5.74) is 1.61. The third-order valence-electron chi connectivity index (χ3n) is 3.02. The number of carbonyl (C=O) groups is 1. The van der Waals surface area contributed by atoms with Crippen molar-refractivity contribution >= 4 is 11.7 Å². The van der Waals surface area contributed by atoms with Gasteiger partial charge in [0.1, 0.15) is 0 Å².